The lowest BCUT2D eigenvalue weighted by atomic mass is 10.0. The standard InChI is InChI=1S/C10H18N2O3S/c1-7(2)4-8(10(14)15-3)12(6-13)5-9(11)16/h6-8H,4-5H2,1-3H3,(H2,11,16)/t8-/m0/s1. The number of ether oxygens (including phenoxy) is 1. The van der Waals surface area contributed by atoms with Gasteiger partial charge in [0.25, 0.3) is 0 Å². The van der Waals surface area contributed by atoms with Crippen LogP contribution in [0.4, 0.5) is 0 Å². The third kappa shape index (κ3) is 5.06. The van der Waals surface area contributed by atoms with Gasteiger partial charge in [0.05, 0.1) is 18.6 Å². The minimum Gasteiger partial charge on any atom is -0.467 e. The summed E-state index contributed by atoms with van der Waals surface area (Å²) in [5, 5.41) is 0. The van der Waals surface area contributed by atoms with Gasteiger partial charge in [-0.15, -0.1) is 0 Å². The Balaban J connectivity index is 4.74. The first-order valence-electron chi connectivity index (χ1n) is 4.99. The zero-order valence-electron chi connectivity index (χ0n) is 9.80. The van der Waals surface area contributed by atoms with Crippen LogP contribution in [-0.2, 0) is 14.3 Å². The monoisotopic (exact) mass is 246 g/mol. The number of hydrogen-bond donors (Lipinski definition) is 1. The average molecular weight is 246 g/mol. The molecular formula is C10H18N2O3S. The number of methoxy groups -OCH3 is 1. The second-order valence-corrected chi connectivity index (χ2v) is 4.44. The van der Waals surface area contributed by atoms with Crippen molar-refractivity contribution < 1.29 is 14.3 Å². The van der Waals surface area contributed by atoms with Gasteiger partial charge in [-0.1, -0.05) is 26.1 Å². The van der Waals surface area contributed by atoms with Crippen LogP contribution in [0.2, 0.25) is 0 Å². The maximum absolute atomic E-state index is 11.5. The Morgan fingerprint density at radius 2 is 2.12 bits per heavy atom. The topological polar surface area (TPSA) is 72.6 Å². The van der Waals surface area contributed by atoms with Gasteiger partial charge >= 0.3 is 5.97 Å². The fourth-order valence-electron chi connectivity index (χ4n) is 1.35. The van der Waals surface area contributed by atoms with Gasteiger partial charge in [0.2, 0.25) is 6.41 Å². The first kappa shape index (κ1) is 14.8. The second kappa shape index (κ2) is 7.16. The van der Waals surface area contributed by atoms with Crippen molar-refractivity contribution in [3.8, 4) is 0 Å². The highest BCUT2D eigenvalue weighted by Crippen LogP contribution is 2.11. The number of esters is 1. The number of nitrogens with two attached hydrogens (primary N) is 1. The summed E-state index contributed by atoms with van der Waals surface area (Å²) in [5.74, 6) is -0.185. The minimum absolute atomic E-state index is 0.0886. The molecule has 92 valence electrons. The molecule has 0 aliphatic carbocycles. The number of hydrogen-bond acceptors (Lipinski definition) is 4. The molecule has 0 aliphatic heterocycles. The third-order valence-electron chi connectivity index (χ3n) is 2.04. The highest BCUT2D eigenvalue weighted by molar-refractivity contribution is 7.80. The Kier molecular flexibility index (Phi) is 6.64. The molecule has 0 rings (SSSR count). The zero-order valence-corrected chi connectivity index (χ0v) is 10.6. The maximum atomic E-state index is 11.5. The van der Waals surface area contributed by atoms with E-state index in [2.05, 4.69) is 4.74 Å². The van der Waals surface area contributed by atoms with Crippen molar-refractivity contribution >= 4 is 29.6 Å². The highest BCUT2D eigenvalue weighted by Gasteiger charge is 2.26. The molecular weight excluding hydrogens is 228 g/mol. The lowest BCUT2D eigenvalue weighted by molar-refractivity contribution is -0.149. The smallest absolute Gasteiger partial charge is 0.328 e. The summed E-state index contributed by atoms with van der Waals surface area (Å²) in [4.78, 5) is 23.9. The predicted molar refractivity (Wildman–Crippen MR) is 64.8 cm³/mol. The van der Waals surface area contributed by atoms with Crippen LogP contribution >= 0.6 is 12.2 Å². The van der Waals surface area contributed by atoms with Crippen molar-refractivity contribution in [1.82, 2.24) is 4.90 Å². The lowest BCUT2D eigenvalue weighted by Crippen LogP contribution is -2.45. The molecule has 0 saturated heterocycles. The Hall–Kier alpha value is -1.17. The molecule has 1 amide bonds. The minimum atomic E-state index is -0.621. The molecule has 0 aliphatic rings. The summed E-state index contributed by atoms with van der Waals surface area (Å²) in [6, 6.07) is -0.621. The third-order valence-corrected chi connectivity index (χ3v) is 2.17. The molecule has 0 heterocycles. The van der Waals surface area contributed by atoms with Crippen molar-refractivity contribution in [2.75, 3.05) is 13.7 Å². The van der Waals surface area contributed by atoms with E-state index in [1.165, 1.54) is 12.0 Å². The van der Waals surface area contributed by atoms with Crippen molar-refractivity contribution in [3.05, 3.63) is 0 Å². The van der Waals surface area contributed by atoms with Gasteiger partial charge in [-0.05, 0) is 12.3 Å². The SMILES string of the molecule is COC(=O)[C@H](CC(C)C)N(C=O)CC(N)=S. The van der Waals surface area contributed by atoms with Gasteiger partial charge in [0, 0.05) is 0 Å². The van der Waals surface area contributed by atoms with Gasteiger partial charge in [-0.25, -0.2) is 4.79 Å². The number of amides is 1. The van der Waals surface area contributed by atoms with Crippen LogP contribution < -0.4 is 5.73 Å². The predicted octanol–water partition coefficient (Wildman–Crippen LogP) is 0.319. The van der Waals surface area contributed by atoms with E-state index in [0.717, 1.165) is 0 Å². The number of carbonyl (C=O) groups is 2. The fraction of sp³-hybridized carbons (Fsp3) is 0.700. The Bertz CT molecular complexity index is 269. The van der Waals surface area contributed by atoms with E-state index >= 15 is 0 Å². The van der Waals surface area contributed by atoms with Crippen LogP contribution in [0, 0.1) is 5.92 Å². The number of thiocarbonyl (C=S) groups is 1. The molecule has 1 atom stereocenters. The van der Waals surface area contributed by atoms with Crippen molar-refractivity contribution in [1.29, 1.82) is 0 Å². The molecule has 2 N–H and O–H groups in total. The van der Waals surface area contributed by atoms with Crippen LogP contribution in [0.1, 0.15) is 20.3 Å². The molecule has 0 aromatic heterocycles. The van der Waals surface area contributed by atoms with E-state index in [1.807, 2.05) is 13.8 Å². The molecule has 0 unspecified atom stereocenters. The van der Waals surface area contributed by atoms with Crippen LogP contribution in [0.5, 0.6) is 0 Å². The molecule has 6 heteroatoms. The molecule has 0 aromatic carbocycles. The first-order chi connectivity index (χ1) is 7.42. The summed E-state index contributed by atoms with van der Waals surface area (Å²) in [6.45, 7) is 4.00. The molecule has 5 nitrogen and oxygen atoms in total. The largest absolute Gasteiger partial charge is 0.467 e. The van der Waals surface area contributed by atoms with Crippen LogP contribution in [0.3, 0.4) is 0 Å². The van der Waals surface area contributed by atoms with Gasteiger partial charge in [-0.3, -0.25) is 4.79 Å². The van der Waals surface area contributed by atoms with Gasteiger partial charge in [-0.2, -0.15) is 0 Å². The number of rotatable bonds is 7. The molecule has 0 radical (unpaired) electrons. The summed E-state index contributed by atoms with van der Waals surface area (Å²) < 4.78 is 4.65. The summed E-state index contributed by atoms with van der Waals surface area (Å²) in [7, 11) is 1.29. The molecule has 0 bridgehead atoms. The van der Waals surface area contributed by atoms with Crippen LogP contribution in [-0.4, -0.2) is 42.0 Å². The van der Waals surface area contributed by atoms with E-state index in [4.69, 9.17) is 18.0 Å². The Morgan fingerprint density at radius 1 is 1.56 bits per heavy atom. The van der Waals surface area contributed by atoms with E-state index in [9.17, 15) is 9.59 Å². The molecule has 0 fully saturated rings. The van der Waals surface area contributed by atoms with Crippen molar-refractivity contribution in [2.24, 2.45) is 11.7 Å². The summed E-state index contributed by atoms with van der Waals surface area (Å²) >= 11 is 4.72. The van der Waals surface area contributed by atoms with Crippen molar-refractivity contribution in [2.45, 2.75) is 26.3 Å². The van der Waals surface area contributed by atoms with Crippen molar-refractivity contribution in [3.63, 3.8) is 0 Å². The lowest BCUT2D eigenvalue weighted by Gasteiger charge is -2.26. The maximum Gasteiger partial charge on any atom is 0.328 e. The highest BCUT2D eigenvalue weighted by atomic mass is 32.1. The van der Waals surface area contributed by atoms with Gasteiger partial charge in [0.15, 0.2) is 0 Å². The quantitative estimate of drug-likeness (QED) is 0.398. The average Bonchev–Trinajstić information content (AvgIpc) is 2.21. The van der Waals surface area contributed by atoms with E-state index in [-0.39, 0.29) is 17.5 Å². The fourth-order valence-corrected chi connectivity index (χ4v) is 1.50. The molecule has 0 aromatic rings. The summed E-state index contributed by atoms with van der Waals surface area (Å²) in [6.07, 6.45) is 1.09. The van der Waals surface area contributed by atoms with Crippen LogP contribution in [0.15, 0.2) is 0 Å². The first-order valence-corrected chi connectivity index (χ1v) is 5.40. The molecule has 16 heavy (non-hydrogen) atoms. The Labute approximate surface area is 101 Å². The van der Waals surface area contributed by atoms with E-state index in [1.54, 1.807) is 0 Å². The van der Waals surface area contributed by atoms with E-state index < -0.39 is 12.0 Å². The Morgan fingerprint density at radius 3 is 2.44 bits per heavy atom. The number of carbonyl (C=O) groups excluding carboxylic acids is 2. The summed E-state index contributed by atoms with van der Waals surface area (Å²) in [5.41, 5.74) is 5.36. The van der Waals surface area contributed by atoms with E-state index in [0.29, 0.717) is 12.8 Å². The molecule has 0 saturated carbocycles. The number of nitrogens with zero attached hydrogens (tertiary/aromatic N) is 1. The normalized spacial score (nSPS) is 12.0. The van der Waals surface area contributed by atoms with Gasteiger partial charge < -0.3 is 15.4 Å². The zero-order chi connectivity index (χ0) is 12.7. The van der Waals surface area contributed by atoms with Crippen LogP contribution in [0.25, 0.3) is 0 Å². The second-order valence-electron chi connectivity index (χ2n) is 3.91. The molecule has 0 spiro atoms. The van der Waals surface area contributed by atoms with Gasteiger partial charge in [0.1, 0.15) is 6.04 Å².